The molecule has 0 bridgehead atoms. The van der Waals surface area contributed by atoms with Crippen LogP contribution < -0.4 is 0 Å². The maximum Gasteiger partial charge on any atom is 0.226 e. The molecule has 1 aromatic heterocycles. The highest BCUT2D eigenvalue weighted by atomic mass is 16.2. The van der Waals surface area contributed by atoms with Gasteiger partial charge in [0, 0.05) is 26.0 Å². The number of likely N-dealkylation sites (N-methyl/N-ethyl adjacent to an activating group) is 1. The van der Waals surface area contributed by atoms with Crippen LogP contribution in [0.4, 0.5) is 0 Å². The van der Waals surface area contributed by atoms with E-state index in [2.05, 4.69) is 11.9 Å². The van der Waals surface area contributed by atoms with E-state index in [-0.39, 0.29) is 5.91 Å². The van der Waals surface area contributed by atoms with Crippen LogP contribution in [0.15, 0.2) is 24.5 Å². The van der Waals surface area contributed by atoms with Crippen molar-refractivity contribution >= 4 is 5.91 Å². The minimum atomic E-state index is 0.165. The first-order valence-electron chi connectivity index (χ1n) is 4.87. The van der Waals surface area contributed by atoms with E-state index in [1.807, 2.05) is 19.2 Å². The second-order valence-electron chi connectivity index (χ2n) is 3.35. The molecule has 0 atom stereocenters. The van der Waals surface area contributed by atoms with Crippen molar-refractivity contribution in [2.75, 3.05) is 13.6 Å². The molecule has 0 saturated heterocycles. The summed E-state index contributed by atoms with van der Waals surface area (Å²) in [7, 11) is 1.84. The van der Waals surface area contributed by atoms with E-state index in [9.17, 15) is 4.79 Å². The van der Waals surface area contributed by atoms with Gasteiger partial charge in [-0.05, 0) is 24.1 Å². The number of amides is 1. The van der Waals surface area contributed by atoms with Gasteiger partial charge in [-0.1, -0.05) is 6.92 Å². The van der Waals surface area contributed by atoms with Gasteiger partial charge in [0.05, 0.1) is 6.42 Å². The Balaban J connectivity index is 2.49. The second-order valence-corrected chi connectivity index (χ2v) is 3.35. The van der Waals surface area contributed by atoms with Crippen LogP contribution in [0.5, 0.6) is 0 Å². The Morgan fingerprint density at radius 2 is 2.07 bits per heavy atom. The third-order valence-corrected chi connectivity index (χ3v) is 2.09. The molecule has 0 radical (unpaired) electrons. The molecule has 76 valence electrons. The van der Waals surface area contributed by atoms with E-state index in [1.165, 1.54) is 0 Å². The first-order chi connectivity index (χ1) is 6.74. The first kappa shape index (κ1) is 10.7. The van der Waals surface area contributed by atoms with Gasteiger partial charge in [0.2, 0.25) is 5.91 Å². The molecule has 0 N–H and O–H groups in total. The highest BCUT2D eigenvalue weighted by Gasteiger charge is 2.07. The van der Waals surface area contributed by atoms with Crippen molar-refractivity contribution < 1.29 is 4.79 Å². The number of aromatic nitrogens is 1. The summed E-state index contributed by atoms with van der Waals surface area (Å²) in [6, 6.07) is 3.75. The quantitative estimate of drug-likeness (QED) is 0.724. The maximum absolute atomic E-state index is 11.6. The Hall–Kier alpha value is -1.38. The summed E-state index contributed by atoms with van der Waals surface area (Å²) in [5.41, 5.74) is 1.02. The monoisotopic (exact) mass is 192 g/mol. The van der Waals surface area contributed by atoms with Crippen molar-refractivity contribution in [2.45, 2.75) is 19.8 Å². The van der Waals surface area contributed by atoms with Gasteiger partial charge in [0.15, 0.2) is 0 Å². The third-order valence-electron chi connectivity index (χ3n) is 2.09. The lowest BCUT2D eigenvalue weighted by molar-refractivity contribution is -0.129. The van der Waals surface area contributed by atoms with Crippen molar-refractivity contribution in [1.82, 2.24) is 9.88 Å². The van der Waals surface area contributed by atoms with Crippen molar-refractivity contribution in [1.29, 1.82) is 0 Å². The summed E-state index contributed by atoms with van der Waals surface area (Å²) in [6.45, 7) is 2.89. The van der Waals surface area contributed by atoms with Gasteiger partial charge in [-0.25, -0.2) is 0 Å². The smallest absolute Gasteiger partial charge is 0.226 e. The first-order valence-corrected chi connectivity index (χ1v) is 4.87. The zero-order chi connectivity index (χ0) is 10.4. The van der Waals surface area contributed by atoms with Gasteiger partial charge < -0.3 is 4.90 Å². The molecule has 0 unspecified atom stereocenters. The Morgan fingerprint density at radius 1 is 1.43 bits per heavy atom. The van der Waals surface area contributed by atoms with E-state index in [0.29, 0.717) is 6.42 Å². The normalized spacial score (nSPS) is 9.86. The molecule has 1 heterocycles. The van der Waals surface area contributed by atoms with Crippen LogP contribution in [0.3, 0.4) is 0 Å². The van der Waals surface area contributed by atoms with Crippen molar-refractivity contribution in [3.8, 4) is 0 Å². The molecule has 0 spiro atoms. The van der Waals surface area contributed by atoms with Crippen LogP contribution in [0.2, 0.25) is 0 Å². The van der Waals surface area contributed by atoms with Crippen molar-refractivity contribution in [3.05, 3.63) is 30.1 Å². The van der Waals surface area contributed by atoms with Crippen LogP contribution in [0, 0.1) is 0 Å². The van der Waals surface area contributed by atoms with E-state index >= 15 is 0 Å². The highest BCUT2D eigenvalue weighted by Crippen LogP contribution is 2.00. The van der Waals surface area contributed by atoms with E-state index in [4.69, 9.17) is 0 Å². The third kappa shape index (κ3) is 3.17. The Morgan fingerprint density at radius 3 is 2.64 bits per heavy atom. The van der Waals surface area contributed by atoms with Gasteiger partial charge in [0.25, 0.3) is 0 Å². The molecule has 0 aliphatic carbocycles. The predicted octanol–water partition coefficient (Wildman–Crippen LogP) is 1.49. The molecule has 3 nitrogen and oxygen atoms in total. The number of carbonyl (C=O) groups excluding carboxylic acids is 1. The molecule has 0 fully saturated rings. The predicted molar refractivity (Wildman–Crippen MR) is 55.9 cm³/mol. The number of carbonyl (C=O) groups is 1. The van der Waals surface area contributed by atoms with Crippen LogP contribution in [-0.4, -0.2) is 29.4 Å². The van der Waals surface area contributed by atoms with E-state index < -0.39 is 0 Å². The molecule has 0 aliphatic heterocycles. The van der Waals surface area contributed by atoms with Crippen LogP contribution in [0.25, 0.3) is 0 Å². The molecule has 1 amide bonds. The fourth-order valence-electron chi connectivity index (χ4n) is 1.27. The zero-order valence-corrected chi connectivity index (χ0v) is 8.73. The molecule has 0 aromatic carbocycles. The minimum Gasteiger partial charge on any atom is -0.345 e. The highest BCUT2D eigenvalue weighted by molar-refractivity contribution is 5.78. The van der Waals surface area contributed by atoms with E-state index in [0.717, 1.165) is 18.5 Å². The Kier molecular flexibility index (Phi) is 4.11. The standard InChI is InChI=1S/C11H16N2O/c1-3-8-13(2)11(14)9-10-4-6-12-7-5-10/h4-7H,3,8-9H2,1-2H3. The Bertz CT molecular complexity index is 285. The summed E-state index contributed by atoms with van der Waals surface area (Å²) < 4.78 is 0. The van der Waals surface area contributed by atoms with Gasteiger partial charge in [-0.3, -0.25) is 9.78 Å². The summed E-state index contributed by atoms with van der Waals surface area (Å²) >= 11 is 0. The topological polar surface area (TPSA) is 33.2 Å². The fourth-order valence-corrected chi connectivity index (χ4v) is 1.27. The molecular weight excluding hydrogens is 176 g/mol. The SMILES string of the molecule is CCCN(C)C(=O)Cc1ccncc1. The summed E-state index contributed by atoms with van der Waals surface area (Å²) in [4.78, 5) is 17.3. The lowest BCUT2D eigenvalue weighted by atomic mass is 10.2. The molecule has 0 aliphatic rings. The number of rotatable bonds is 4. The summed E-state index contributed by atoms with van der Waals surface area (Å²) in [5, 5.41) is 0. The van der Waals surface area contributed by atoms with E-state index in [1.54, 1.807) is 17.3 Å². The Labute approximate surface area is 84.8 Å². The molecular formula is C11H16N2O. The van der Waals surface area contributed by atoms with Crippen LogP contribution >= 0.6 is 0 Å². The van der Waals surface area contributed by atoms with Crippen molar-refractivity contribution in [3.63, 3.8) is 0 Å². The van der Waals surface area contributed by atoms with Crippen LogP contribution in [0.1, 0.15) is 18.9 Å². The van der Waals surface area contributed by atoms with Gasteiger partial charge >= 0.3 is 0 Å². The van der Waals surface area contributed by atoms with Gasteiger partial charge in [-0.15, -0.1) is 0 Å². The molecule has 1 aromatic rings. The molecule has 14 heavy (non-hydrogen) atoms. The summed E-state index contributed by atoms with van der Waals surface area (Å²) in [6.07, 6.45) is 4.89. The maximum atomic E-state index is 11.6. The zero-order valence-electron chi connectivity index (χ0n) is 8.73. The van der Waals surface area contributed by atoms with Crippen LogP contribution in [-0.2, 0) is 11.2 Å². The molecule has 3 heteroatoms. The lowest BCUT2D eigenvalue weighted by Crippen LogP contribution is -2.28. The molecule has 1 rings (SSSR count). The average molecular weight is 192 g/mol. The summed E-state index contributed by atoms with van der Waals surface area (Å²) in [5.74, 6) is 0.165. The molecule has 0 saturated carbocycles. The number of pyridine rings is 1. The average Bonchev–Trinajstić information content (AvgIpc) is 2.19. The van der Waals surface area contributed by atoms with Crippen molar-refractivity contribution in [2.24, 2.45) is 0 Å². The number of hydrogen-bond acceptors (Lipinski definition) is 2. The van der Waals surface area contributed by atoms with Gasteiger partial charge in [0.1, 0.15) is 0 Å². The second kappa shape index (κ2) is 5.37. The fraction of sp³-hybridized carbons (Fsp3) is 0.455. The minimum absolute atomic E-state index is 0.165. The van der Waals surface area contributed by atoms with Gasteiger partial charge in [-0.2, -0.15) is 0 Å². The lowest BCUT2D eigenvalue weighted by Gasteiger charge is -2.15. The largest absolute Gasteiger partial charge is 0.345 e. The number of hydrogen-bond donors (Lipinski definition) is 0. The number of nitrogens with zero attached hydrogens (tertiary/aromatic N) is 2.